The molecule has 19 heavy (non-hydrogen) atoms. The third kappa shape index (κ3) is 4.95. The molecule has 0 saturated heterocycles. The van der Waals surface area contributed by atoms with Crippen LogP contribution in [0.15, 0.2) is 30.3 Å². The standard InChI is InChI=1S/C13H18BrNO3S/c1-11(19(2,17)18)13(16)15(9-8-14)10-12-6-4-3-5-7-12/h3-7,11H,8-10H2,1-2H3. The van der Waals surface area contributed by atoms with Crippen molar-refractivity contribution in [2.45, 2.75) is 18.7 Å². The topological polar surface area (TPSA) is 54.5 Å². The Morgan fingerprint density at radius 3 is 2.37 bits per heavy atom. The molecule has 0 aliphatic rings. The molecule has 0 aliphatic carbocycles. The van der Waals surface area contributed by atoms with Crippen LogP contribution in [0.2, 0.25) is 0 Å². The van der Waals surface area contributed by atoms with E-state index in [9.17, 15) is 13.2 Å². The van der Waals surface area contributed by atoms with Crippen molar-refractivity contribution in [3.63, 3.8) is 0 Å². The average Bonchev–Trinajstić information content (AvgIpc) is 2.36. The van der Waals surface area contributed by atoms with Crippen LogP contribution in [0.1, 0.15) is 12.5 Å². The number of sulfone groups is 1. The smallest absolute Gasteiger partial charge is 0.240 e. The fourth-order valence-electron chi connectivity index (χ4n) is 1.61. The number of hydrogen-bond donors (Lipinski definition) is 0. The summed E-state index contributed by atoms with van der Waals surface area (Å²) in [7, 11) is -3.36. The van der Waals surface area contributed by atoms with Crippen molar-refractivity contribution in [3.8, 4) is 0 Å². The number of hydrogen-bond acceptors (Lipinski definition) is 3. The number of carbonyl (C=O) groups excluding carboxylic acids is 1. The van der Waals surface area contributed by atoms with Gasteiger partial charge >= 0.3 is 0 Å². The summed E-state index contributed by atoms with van der Waals surface area (Å²) in [5.41, 5.74) is 0.984. The SMILES string of the molecule is CC(C(=O)N(CCBr)Cc1ccccc1)S(C)(=O)=O. The van der Waals surface area contributed by atoms with Crippen molar-refractivity contribution < 1.29 is 13.2 Å². The monoisotopic (exact) mass is 347 g/mol. The molecule has 0 aromatic heterocycles. The van der Waals surface area contributed by atoms with Gasteiger partial charge < -0.3 is 4.90 Å². The molecule has 0 aliphatic heterocycles. The maximum Gasteiger partial charge on any atom is 0.240 e. The van der Waals surface area contributed by atoms with E-state index in [1.807, 2.05) is 30.3 Å². The van der Waals surface area contributed by atoms with Gasteiger partial charge in [0.05, 0.1) is 0 Å². The largest absolute Gasteiger partial charge is 0.336 e. The molecule has 1 aromatic rings. The second-order valence-electron chi connectivity index (χ2n) is 4.41. The Kier molecular flexibility index (Phi) is 6.00. The van der Waals surface area contributed by atoms with Gasteiger partial charge in [0.1, 0.15) is 5.25 Å². The zero-order chi connectivity index (χ0) is 14.5. The Labute approximate surface area is 122 Å². The second-order valence-corrected chi connectivity index (χ2v) is 7.57. The maximum atomic E-state index is 12.2. The first-order valence-corrected chi connectivity index (χ1v) is 9.01. The molecule has 6 heteroatoms. The molecular formula is C13H18BrNO3S. The van der Waals surface area contributed by atoms with Crippen molar-refractivity contribution in [2.75, 3.05) is 18.1 Å². The highest BCUT2D eigenvalue weighted by Gasteiger charge is 2.28. The first-order chi connectivity index (χ1) is 8.86. The molecule has 4 nitrogen and oxygen atoms in total. The normalized spacial score (nSPS) is 13.0. The van der Waals surface area contributed by atoms with E-state index in [1.54, 1.807) is 4.90 Å². The van der Waals surface area contributed by atoms with Crippen LogP contribution in [-0.4, -0.2) is 42.6 Å². The highest BCUT2D eigenvalue weighted by atomic mass is 79.9. The lowest BCUT2D eigenvalue weighted by Gasteiger charge is -2.24. The van der Waals surface area contributed by atoms with E-state index in [1.165, 1.54) is 6.92 Å². The van der Waals surface area contributed by atoms with Gasteiger partial charge in [-0.15, -0.1) is 0 Å². The van der Waals surface area contributed by atoms with Gasteiger partial charge in [-0.25, -0.2) is 8.42 Å². The van der Waals surface area contributed by atoms with E-state index in [2.05, 4.69) is 15.9 Å². The van der Waals surface area contributed by atoms with E-state index in [-0.39, 0.29) is 5.91 Å². The predicted octanol–water partition coefficient (Wildman–Crippen LogP) is 1.84. The minimum absolute atomic E-state index is 0.356. The van der Waals surface area contributed by atoms with Gasteiger partial charge in [-0.1, -0.05) is 46.3 Å². The first kappa shape index (κ1) is 16.2. The van der Waals surface area contributed by atoms with Gasteiger partial charge in [-0.3, -0.25) is 4.79 Å². The third-order valence-electron chi connectivity index (χ3n) is 2.87. The molecule has 1 unspecified atom stereocenters. The Balaban J connectivity index is 2.86. The van der Waals surface area contributed by atoms with Crippen molar-refractivity contribution in [1.82, 2.24) is 4.90 Å². The number of alkyl halides is 1. The van der Waals surface area contributed by atoms with E-state index in [4.69, 9.17) is 0 Å². The molecule has 1 amide bonds. The van der Waals surface area contributed by atoms with Crippen LogP contribution in [0.3, 0.4) is 0 Å². The van der Waals surface area contributed by atoms with Crippen LogP contribution < -0.4 is 0 Å². The third-order valence-corrected chi connectivity index (χ3v) is 4.71. The number of amides is 1. The molecule has 0 radical (unpaired) electrons. The molecule has 0 N–H and O–H groups in total. The minimum Gasteiger partial charge on any atom is -0.336 e. The zero-order valence-electron chi connectivity index (χ0n) is 11.0. The summed E-state index contributed by atoms with van der Waals surface area (Å²) < 4.78 is 22.9. The van der Waals surface area contributed by atoms with Crippen LogP contribution in [-0.2, 0) is 21.2 Å². The Morgan fingerprint density at radius 2 is 1.89 bits per heavy atom. The molecule has 1 aromatic carbocycles. The Bertz CT molecular complexity index is 516. The van der Waals surface area contributed by atoms with Crippen LogP contribution in [0.25, 0.3) is 0 Å². The predicted molar refractivity (Wildman–Crippen MR) is 80.0 cm³/mol. The molecule has 1 rings (SSSR count). The van der Waals surface area contributed by atoms with Crippen LogP contribution >= 0.6 is 15.9 Å². The number of nitrogens with zero attached hydrogens (tertiary/aromatic N) is 1. The van der Waals surface area contributed by atoms with E-state index in [0.29, 0.717) is 18.4 Å². The molecule has 0 heterocycles. The highest BCUT2D eigenvalue weighted by Crippen LogP contribution is 2.10. The Hall–Kier alpha value is -0.880. The van der Waals surface area contributed by atoms with E-state index >= 15 is 0 Å². The van der Waals surface area contributed by atoms with Crippen LogP contribution in [0, 0.1) is 0 Å². The molecule has 0 saturated carbocycles. The lowest BCUT2D eigenvalue weighted by molar-refractivity contribution is -0.130. The summed E-state index contributed by atoms with van der Waals surface area (Å²) in [4.78, 5) is 13.8. The Morgan fingerprint density at radius 1 is 1.32 bits per heavy atom. The molecule has 0 fully saturated rings. The molecule has 1 atom stereocenters. The van der Waals surface area contributed by atoms with Gasteiger partial charge in [0, 0.05) is 24.7 Å². The number of rotatable bonds is 6. The zero-order valence-corrected chi connectivity index (χ0v) is 13.4. The summed E-state index contributed by atoms with van der Waals surface area (Å²) in [6, 6.07) is 9.52. The summed E-state index contributed by atoms with van der Waals surface area (Å²) in [6.45, 7) is 2.34. The van der Waals surface area contributed by atoms with Gasteiger partial charge in [0.15, 0.2) is 9.84 Å². The highest BCUT2D eigenvalue weighted by molar-refractivity contribution is 9.09. The van der Waals surface area contributed by atoms with E-state index < -0.39 is 15.1 Å². The lowest BCUT2D eigenvalue weighted by Crippen LogP contribution is -2.41. The second kappa shape index (κ2) is 7.05. The molecule has 0 bridgehead atoms. The molecule has 0 spiro atoms. The van der Waals surface area contributed by atoms with Crippen molar-refractivity contribution in [3.05, 3.63) is 35.9 Å². The van der Waals surface area contributed by atoms with Crippen molar-refractivity contribution >= 4 is 31.7 Å². The minimum atomic E-state index is -3.36. The molecule has 106 valence electrons. The van der Waals surface area contributed by atoms with Gasteiger partial charge in [0.25, 0.3) is 0 Å². The van der Waals surface area contributed by atoms with Crippen LogP contribution in [0.4, 0.5) is 0 Å². The summed E-state index contributed by atoms with van der Waals surface area (Å²) in [6.07, 6.45) is 1.09. The molecular weight excluding hydrogens is 330 g/mol. The number of halogens is 1. The summed E-state index contributed by atoms with van der Waals surface area (Å²) in [5.74, 6) is -0.356. The van der Waals surface area contributed by atoms with Crippen molar-refractivity contribution in [1.29, 1.82) is 0 Å². The van der Waals surface area contributed by atoms with Crippen LogP contribution in [0.5, 0.6) is 0 Å². The summed E-state index contributed by atoms with van der Waals surface area (Å²) >= 11 is 3.29. The average molecular weight is 348 g/mol. The summed E-state index contributed by atoms with van der Waals surface area (Å²) in [5, 5.41) is -0.391. The van der Waals surface area contributed by atoms with Gasteiger partial charge in [-0.2, -0.15) is 0 Å². The van der Waals surface area contributed by atoms with Gasteiger partial charge in [0.2, 0.25) is 5.91 Å². The maximum absolute atomic E-state index is 12.2. The number of benzene rings is 1. The fraction of sp³-hybridized carbons (Fsp3) is 0.462. The lowest BCUT2D eigenvalue weighted by atomic mass is 10.2. The van der Waals surface area contributed by atoms with Crippen molar-refractivity contribution in [2.24, 2.45) is 0 Å². The fourth-order valence-corrected chi connectivity index (χ4v) is 2.56. The number of carbonyl (C=O) groups is 1. The first-order valence-electron chi connectivity index (χ1n) is 5.93. The van der Waals surface area contributed by atoms with E-state index in [0.717, 1.165) is 11.8 Å². The van der Waals surface area contributed by atoms with Gasteiger partial charge in [-0.05, 0) is 12.5 Å². The quantitative estimate of drug-likeness (QED) is 0.738.